The van der Waals surface area contributed by atoms with Gasteiger partial charge in [0.1, 0.15) is 0 Å². The Morgan fingerprint density at radius 3 is 2.21 bits per heavy atom. The average Bonchev–Trinajstić information content (AvgIpc) is 2.43. The van der Waals surface area contributed by atoms with E-state index in [0.717, 1.165) is 0 Å². The molecule has 0 heterocycles. The van der Waals surface area contributed by atoms with E-state index in [1.54, 1.807) is 30.3 Å². The van der Waals surface area contributed by atoms with Gasteiger partial charge in [-0.1, -0.05) is 30.3 Å². The predicted molar refractivity (Wildman–Crippen MR) is 70.7 cm³/mol. The van der Waals surface area contributed by atoms with Crippen LogP contribution in [0.4, 0.5) is 0 Å². The number of esters is 1. The van der Waals surface area contributed by atoms with Crippen molar-refractivity contribution in [2.24, 2.45) is 0 Å². The van der Waals surface area contributed by atoms with E-state index in [9.17, 15) is 18.0 Å². The largest absolute Gasteiger partial charge is 0.469 e. The fraction of sp³-hybridized carbons (Fsp3) is 0.385. The molecule has 0 radical (unpaired) electrons. The zero-order chi connectivity index (χ0) is 14.3. The van der Waals surface area contributed by atoms with Gasteiger partial charge in [0.15, 0.2) is 15.6 Å². The van der Waals surface area contributed by atoms with E-state index in [0.29, 0.717) is 5.56 Å². The Morgan fingerprint density at radius 2 is 1.63 bits per heavy atom. The molecule has 19 heavy (non-hydrogen) atoms. The van der Waals surface area contributed by atoms with Crippen LogP contribution in [0.15, 0.2) is 30.3 Å². The minimum absolute atomic E-state index is 0.0759. The first-order valence-electron chi connectivity index (χ1n) is 5.80. The molecule has 0 saturated carbocycles. The van der Waals surface area contributed by atoms with Crippen molar-refractivity contribution in [3.8, 4) is 0 Å². The maximum atomic E-state index is 11.7. The van der Waals surface area contributed by atoms with E-state index in [2.05, 4.69) is 4.74 Å². The summed E-state index contributed by atoms with van der Waals surface area (Å²) in [5.74, 6) is -1.33. The molecule has 0 spiro atoms. The number of methoxy groups -OCH3 is 1. The van der Waals surface area contributed by atoms with Gasteiger partial charge >= 0.3 is 5.97 Å². The van der Waals surface area contributed by atoms with Gasteiger partial charge in [0.25, 0.3) is 0 Å². The van der Waals surface area contributed by atoms with Crippen molar-refractivity contribution in [1.29, 1.82) is 0 Å². The van der Waals surface area contributed by atoms with E-state index in [1.807, 2.05) is 0 Å². The molecule has 0 saturated heterocycles. The lowest BCUT2D eigenvalue weighted by atomic mass is 10.1. The third-order valence-electron chi connectivity index (χ3n) is 2.58. The van der Waals surface area contributed by atoms with Gasteiger partial charge in [0, 0.05) is 12.0 Å². The van der Waals surface area contributed by atoms with Gasteiger partial charge in [0.05, 0.1) is 25.0 Å². The normalized spacial score (nSPS) is 11.0. The van der Waals surface area contributed by atoms with Crippen molar-refractivity contribution in [3.63, 3.8) is 0 Å². The van der Waals surface area contributed by atoms with Crippen molar-refractivity contribution >= 4 is 21.6 Å². The minimum atomic E-state index is -3.41. The highest BCUT2D eigenvalue weighted by atomic mass is 32.2. The molecule has 0 aliphatic carbocycles. The van der Waals surface area contributed by atoms with Crippen LogP contribution >= 0.6 is 0 Å². The fourth-order valence-electron chi connectivity index (χ4n) is 1.46. The van der Waals surface area contributed by atoms with Crippen molar-refractivity contribution in [2.45, 2.75) is 12.8 Å². The SMILES string of the molecule is COC(=O)CCS(=O)(=O)CCC(=O)c1ccccc1. The number of Topliss-reactive ketones (excluding diaryl/α,β-unsaturated/α-hetero) is 1. The fourth-order valence-corrected chi connectivity index (χ4v) is 2.64. The Labute approximate surface area is 112 Å². The molecule has 0 atom stereocenters. The number of hydrogen-bond donors (Lipinski definition) is 0. The summed E-state index contributed by atoms with van der Waals surface area (Å²) >= 11 is 0. The van der Waals surface area contributed by atoms with Gasteiger partial charge in [-0.15, -0.1) is 0 Å². The smallest absolute Gasteiger partial charge is 0.306 e. The lowest BCUT2D eigenvalue weighted by Crippen LogP contribution is -2.17. The molecular formula is C13H16O5S. The molecule has 1 aromatic rings. The van der Waals surface area contributed by atoms with Gasteiger partial charge in [-0.3, -0.25) is 9.59 Å². The predicted octanol–water partition coefficient (Wildman–Crippen LogP) is 1.24. The molecule has 1 rings (SSSR count). The van der Waals surface area contributed by atoms with Gasteiger partial charge < -0.3 is 4.74 Å². The van der Waals surface area contributed by atoms with E-state index in [4.69, 9.17) is 0 Å². The first-order chi connectivity index (χ1) is 8.94. The third kappa shape index (κ3) is 5.65. The monoisotopic (exact) mass is 284 g/mol. The van der Waals surface area contributed by atoms with Crippen LogP contribution in [0.5, 0.6) is 0 Å². The van der Waals surface area contributed by atoms with Gasteiger partial charge in [-0.2, -0.15) is 0 Å². The van der Waals surface area contributed by atoms with Crippen LogP contribution in [0.1, 0.15) is 23.2 Å². The summed E-state index contributed by atoms with van der Waals surface area (Å²) in [6.07, 6.45) is -0.258. The molecule has 0 fully saturated rings. The van der Waals surface area contributed by atoms with Crippen molar-refractivity contribution < 1.29 is 22.7 Å². The number of ether oxygens (including phenoxy) is 1. The third-order valence-corrected chi connectivity index (χ3v) is 4.23. The maximum absolute atomic E-state index is 11.7. The van der Waals surface area contributed by atoms with Crippen LogP contribution in [0.3, 0.4) is 0 Å². The first kappa shape index (κ1) is 15.4. The number of sulfone groups is 1. The van der Waals surface area contributed by atoms with E-state index < -0.39 is 15.8 Å². The standard InChI is InChI=1S/C13H16O5S/c1-18-13(15)8-10-19(16,17)9-7-12(14)11-5-3-2-4-6-11/h2-6H,7-10H2,1H3. The van der Waals surface area contributed by atoms with E-state index in [-0.39, 0.29) is 30.1 Å². The van der Waals surface area contributed by atoms with Crippen LogP contribution in [0.25, 0.3) is 0 Å². The van der Waals surface area contributed by atoms with Gasteiger partial charge in [0.2, 0.25) is 0 Å². The van der Waals surface area contributed by atoms with Crippen LogP contribution < -0.4 is 0 Å². The van der Waals surface area contributed by atoms with E-state index in [1.165, 1.54) is 7.11 Å². The molecule has 104 valence electrons. The van der Waals surface area contributed by atoms with Crippen LogP contribution in [0.2, 0.25) is 0 Å². The van der Waals surface area contributed by atoms with Gasteiger partial charge in [-0.25, -0.2) is 8.42 Å². The highest BCUT2D eigenvalue weighted by Gasteiger charge is 2.16. The summed E-state index contributed by atoms with van der Waals surface area (Å²) in [6.45, 7) is 0. The second-order valence-electron chi connectivity index (χ2n) is 4.02. The Morgan fingerprint density at radius 1 is 1.05 bits per heavy atom. The molecule has 0 aliphatic heterocycles. The number of carbonyl (C=O) groups is 2. The zero-order valence-electron chi connectivity index (χ0n) is 10.7. The lowest BCUT2D eigenvalue weighted by molar-refractivity contribution is -0.140. The highest BCUT2D eigenvalue weighted by Crippen LogP contribution is 2.06. The Hall–Kier alpha value is -1.69. The summed E-state index contributed by atoms with van der Waals surface area (Å²) < 4.78 is 27.6. The molecule has 0 unspecified atom stereocenters. The lowest BCUT2D eigenvalue weighted by Gasteiger charge is -2.03. The zero-order valence-corrected chi connectivity index (χ0v) is 11.5. The highest BCUT2D eigenvalue weighted by molar-refractivity contribution is 7.91. The van der Waals surface area contributed by atoms with E-state index >= 15 is 0 Å². The summed E-state index contributed by atoms with van der Waals surface area (Å²) in [5.41, 5.74) is 0.491. The van der Waals surface area contributed by atoms with Gasteiger partial charge in [-0.05, 0) is 0 Å². The summed E-state index contributed by atoms with van der Waals surface area (Å²) in [6, 6.07) is 8.51. The van der Waals surface area contributed by atoms with Crippen molar-refractivity contribution in [3.05, 3.63) is 35.9 Å². The van der Waals surface area contributed by atoms with Crippen molar-refractivity contribution in [2.75, 3.05) is 18.6 Å². The minimum Gasteiger partial charge on any atom is -0.469 e. The van der Waals surface area contributed by atoms with Crippen LogP contribution in [-0.4, -0.2) is 38.8 Å². The quantitative estimate of drug-likeness (QED) is 0.556. The molecule has 0 aliphatic rings. The summed E-state index contributed by atoms with van der Waals surface area (Å²) in [7, 11) is -2.21. The molecule has 0 aromatic heterocycles. The van der Waals surface area contributed by atoms with Crippen LogP contribution in [0, 0.1) is 0 Å². The maximum Gasteiger partial charge on any atom is 0.306 e. The Kier molecular flexibility index (Phi) is 5.69. The molecule has 0 bridgehead atoms. The molecule has 1 aromatic carbocycles. The molecule has 6 heteroatoms. The number of hydrogen-bond acceptors (Lipinski definition) is 5. The molecule has 0 N–H and O–H groups in total. The number of rotatable bonds is 7. The Balaban J connectivity index is 2.47. The number of benzene rings is 1. The van der Waals surface area contributed by atoms with Crippen LogP contribution in [-0.2, 0) is 19.4 Å². The molecular weight excluding hydrogens is 268 g/mol. The number of carbonyl (C=O) groups excluding carboxylic acids is 2. The summed E-state index contributed by atoms with van der Waals surface area (Å²) in [4.78, 5) is 22.6. The van der Waals surface area contributed by atoms with Crippen molar-refractivity contribution in [1.82, 2.24) is 0 Å². The number of ketones is 1. The second kappa shape index (κ2) is 7.04. The Bertz CT molecular complexity index is 533. The molecule has 0 amide bonds. The topological polar surface area (TPSA) is 77.5 Å². The first-order valence-corrected chi connectivity index (χ1v) is 7.62. The second-order valence-corrected chi connectivity index (χ2v) is 6.32. The average molecular weight is 284 g/mol. The molecule has 5 nitrogen and oxygen atoms in total. The summed E-state index contributed by atoms with van der Waals surface area (Å²) in [5, 5.41) is 0.